The van der Waals surface area contributed by atoms with Crippen LogP contribution in [0.4, 0.5) is 0 Å². The minimum Gasteiger partial charge on any atom is -0.392 e. The molecule has 0 saturated carbocycles. The third kappa shape index (κ3) is 1.51. The highest BCUT2D eigenvalue weighted by atomic mass is 35.5. The normalized spacial score (nSPS) is 9.18. The highest BCUT2D eigenvalue weighted by molar-refractivity contribution is 6.31. The molecule has 0 aromatic heterocycles. The number of nitrogens with zero attached hydrogens (tertiary/aromatic N) is 1. The number of aliphatic hydroxyl groups excluding tert-OH is 1. The number of halogens is 1. The zero-order valence-electron chi connectivity index (χ0n) is 5.71. The van der Waals surface area contributed by atoms with Crippen molar-refractivity contribution in [3.63, 3.8) is 0 Å². The zero-order chi connectivity index (χ0) is 8.27. The molecule has 0 aliphatic carbocycles. The molecule has 1 rings (SSSR count). The molecule has 1 aromatic carbocycles. The molecule has 0 heterocycles. The lowest BCUT2D eigenvalue weighted by Crippen LogP contribution is -1.89. The van der Waals surface area contributed by atoms with Crippen molar-refractivity contribution in [2.24, 2.45) is 0 Å². The minimum atomic E-state index is -0.192. The second-order valence-corrected chi connectivity index (χ2v) is 2.44. The number of benzene rings is 1. The molecule has 0 amide bonds. The van der Waals surface area contributed by atoms with Gasteiger partial charge in [-0.15, -0.1) is 0 Å². The number of hydrogen-bond acceptors (Lipinski definition) is 2. The molecule has 0 saturated heterocycles. The Morgan fingerprint density at radius 2 is 2.27 bits per heavy atom. The van der Waals surface area contributed by atoms with Gasteiger partial charge < -0.3 is 5.11 Å². The fourth-order valence-corrected chi connectivity index (χ4v) is 1.06. The van der Waals surface area contributed by atoms with Crippen LogP contribution in [0.5, 0.6) is 0 Å². The maximum atomic E-state index is 8.79. The minimum absolute atomic E-state index is 0.192. The summed E-state index contributed by atoms with van der Waals surface area (Å²) in [6, 6.07) is 6.89. The molecule has 2 nitrogen and oxygen atoms in total. The Morgan fingerprint density at radius 3 is 2.73 bits per heavy atom. The second kappa shape index (κ2) is 3.38. The third-order valence-electron chi connectivity index (χ3n) is 1.40. The predicted molar refractivity (Wildman–Crippen MR) is 42.1 cm³/mol. The van der Waals surface area contributed by atoms with Crippen LogP contribution in [-0.2, 0) is 6.61 Å². The van der Waals surface area contributed by atoms with Gasteiger partial charge in [-0.05, 0) is 12.1 Å². The van der Waals surface area contributed by atoms with Gasteiger partial charge >= 0.3 is 0 Å². The molecule has 11 heavy (non-hydrogen) atoms. The quantitative estimate of drug-likeness (QED) is 0.692. The molecule has 0 aliphatic heterocycles. The average molecular weight is 168 g/mol. The molecule has 0 atom stereocenters. The van der Waals surface area contributed by atoms with Crippen LogP contribution in [-0.4, -0.2) is 5.11 Å². The van der Waals surface area contributed by atoms with Crippen LogP contribution < -0.4 is 0 Å². The van der Waals surface area contributed by atoms with Gasteiger partial charge in [0.25, 0.3) is 0 Å². The molecule has 1 aromatic rings. The van der Waals surface area contributed by atoms with Crippen molar-refractivity contribution in [2.75, 3.05) is 0 Å². The molecule has 0 spiro atoms. The maximum absolute atomic E-state index is 8.79. The Hall–Kier alpha value is -1.04. The lowest BCUT2D eigenvalue weighted by atomic mass is 10.1. The van der Waals surface area contributed by atoms with Crippen molar-refractivity contribution < 1.29 is 5.11 Å². The summed E-state index contributed by atoms with van der Waals surface area (Å²) in [5, 5.41) is 17.8. The van der Waals surface area contributed by atoms with E-state index in [-0.39, 0.29) is 6.61 Å². The summed E-state index contributed by atoms with van der Waals surface area (Å²) < 4.78 is 0. The molecule has 0 bridgehead atoms. The fourth-order valence-electron chi connectivity index (χ4n) is 0.824. The van der Waals surface area contributed by atoms with Gasteiger partial charge in [-0.25, -0.2) is 0 Å². The lowest BCUT2D eigenvalue weighted by molar-refractivity contribution is 0.281. The van der Waals surface area contributed by atoms with Crippen LogP contribution in [0.1, 0.15) is 11.1 Å². The SMILES string of the molecule is N#Cc1cccc(Cl)c1CO. The molecule has 0 fully saturated rings. The fraction of sp³-hybridized carbons (Fsp3) is 0.125. The van der Waals surface area contributed by atoms with Crippen LogP contribution in [0, 0.1) is 11.3 Å². The standard InChI is InChI=1S/C8H6ClNO/c9-8-3-1-2-6(4-10)7(8)5-11/h1-3,11H,5H2. The first-order valence-corrected chi connectivity index (χ1v) is 3.45. The topological polar surface area (TPSA) is 44.0 Å². The van der Waals surface area contributed by atoms with E-state index in [1.165, 1.54) is 0 Å². The van der Waals surface area contributed by atoms with Crippen LogP contribution >= 0.6 is 11.6 Å². The van der Waals surface area contributed by atoms with E-state index in [2.05, 4.69) is 0 Å². The number of rotatable bonds is 1. The Kier molecular flexibility index (Phi) is 2.48. The Labute approximate surface area is 69.7 Å². The summed E-state index contributed by atoms with van der Waals surface area (Å²) in [6.07, 6.45) is 0. The van der Waals surface area contributed by atoms with Gasteiger partial charge in [0.2, 0.25) is 0 Å². The molecule has 0 aliphatic rings. The van der Waals surface area contributed by atoms with Crippen molar-refractivity contribution >= 4 is 11.6 Å². The number of hydrogen-bond donors (Lipinski definition) is 1. The first-order chi connectivity index (χ1) is 5.29. The highest BCUT2D eigenvalue weighted by Gasteiger charge is 2.03. The van der Waals surface area contributed by atoms with Gasteiger partial charge in [-0.2, -0.15) is 5.26 Å². The first kappa shape index (κ1) is 8.06. The zero-order valence-corrected chi connectivity index (χ0v) is 6.47. The van der Waals surface area contributed by atoms with E-state index >= 15 is 0 Å². The smallest absolute Gasteiger partial charge is 0.0995 e. The predicted octanol–water partition coefficient (Wildman–Crippen LogP) is 1.70. The third-order valence-corrected chi connectivity index (χ3v) is 1.75. The molecule has 56 valence electrons. The Morgan fingerprint density at radius 1 is 1.55 bits per heavy atom. The second-order valence-electron chi connectivity index (χ2n) is 2.04. The summed E-state index contributed by atoms with van der Waals surface area (Å²) in [5.41, 5.74) is 0.927. The number of aliphatic hydroxyl groups is 1. The van der Waals surface area contributed by atoms with E-state index in [1.54, 1.807) is 18.2 Å². The van der Waals surface area contributed by atoms with Gasteiger partial charge in [0.15, 0.2) is 0 Å². The number of nitriles is 1. The Bertz CT molecular complexity index is 303. The summed E-state index contributed by atoms with van der Waals surface area (Å²) >= 11 is 5.70. The van der Waals surface area contributed by atoms with Crippen LogP contribution in [0.2, 0.25) is 5.02 Å². The van der Waals surface area contributed by atoms with E-state index in [4.69, 9.17) is 22.0 Å². The molecule has 1 N–H and O–H groups in total. The van der Waals surface area contributed by atoms with Gasteiger partial charge in [0, 0.05) is 10.6 Å². The van der Waals surface area contributed by atoms with E-state index in [1.807, 2.05) is 6.07 Å². The highest BCUT2D eigenvalue weighted by Crippen LogP contribution is 2.18. The van der Waals surface area contributed by atoms with E-state index in [0.29, 0.717) is 16.1 Å². The van der Waals surface area contributed by atoms with Crippen LogP contribution in [0.25, 0.3) is 0 Å². The van der Waals surface area contributed by atoms with E-state index < -0.39 is 0 Å². The Balaban J connectivity index is 3.27. The molecular formula is C8H6ClNO. The summed E-state index contributed by atoms with van der Waals surface area (Å²) in [6.45, 7) is -0.192. The van der Waals surface area contributed by atoms with Crippen molar-refractivity contribution in [2.45, 2.75) is 6.61 Å². The van der Waals surface area contributed by atoms with Crippen molar-refractivity contribution in [1.82, 2.24) is 0 Å². The molecular weight excluding hydrogens is 162 g/mol. The lowest BCUT2D eigenvalue weighted by Gasteiger charge is -2.00. The van der Waals surface area contributed by atoms with Gasteiger partial charge in [-0.1, -0.05) is 17.7 Å². The van der Waals surface area contributed by atoms with Crippen LogP contribution in [0.15, 0.2) is 18.2 Å². The summed E-state index contributed by atoms with van der Waals surface area (Å²) in [4.78, 5) is 0. The van der Waals surface area contributed by atoms with Crippen LogP contribution in [0.3, 0.4) is 0 Å². The monoisotopic (exact) mass is 167 g/mol. The molecule has 0 unspecified atom stereocenters. The summed E-state index contributed by atoms with van der Waals surface area (Å²) in [7, 11) is 0. The molecule has 0 radical (unpaired) electrons. The van der Waals surface area contributed by atoms with Crippen molar-refractivity contribution in [3.8, 4) is 6.07 Å². The molecule has 3 heteroatoms. The van der Waals surface area contributed by atoms with Crippen molar-refractivity contribution in [3.05, 3.63) is 34.3 Å². The van der Waals surface area contributed by atoms with Gasteiger partial charge in [-0.3, -0.25) is 0 Å². The van der Waals surface area contributed by atoms with Gasteiger partial charge in [0.05, 0.1) is 18.2 Å². The summed E-state index contributed by atoms with van der Waals surface area (Å²) in [5.74, 6) is 0. The maximum Gasteiger partial charge on any atom is 0.0995 e. The van der Waals surface area contributed by atoms with Gasteiger partial charge in [0.1, 0.15) is 0 Å². The average Bonchev–Trinajstić information content (AvgIpc) is 2.04. The van der Waals surface area contributed by atoms with E-state index in [0.717, 1.165) is 0 Å². The largest absolute Gasteiger partial charge is 0.392 e. The first-order valence-electron chi connectivity index (χ1n) is 3.08. The van der Waals surface area contributed by atoms with E-state index in [9.17, 15) is 0 Å². The van der Waals surface area contributed by atoms with Crippen molar-refractivity contribution in [1.29, 1.82) is 5.26 Å².